The molecule has 1 rings (SSSR count). The first-order valence-electron chi connectivity index (χ1n) is 5.47. The van der Waals surface area contributed by atoms with Crippen LogP contribution in [0.2, 0.25) is 0 Å². The van der Waals surface area contributed by atoms with Crippen LogP contribution in [-0.2, 0) is 11.3 Å². The molecule has 0 aliphatic rings. The predicted octanol–water partition coefficient (Wildman–Crippen LogP) is 0.703. The molecule has 18 heavy (non-hydrogen) atoms. The SMILES string of the molecule is CNC(=O)C(C)(C)CNCc1csc(C(=O)O)n1. The van der Waals surface area contributed by atoms with E-state index in [-0.39, 0.29) is 10.9 Å². The Morgan fingerprint density at radius 3 is 2.67 bits per heavy atom. The van der Waals surface area contributed by atoms with E-state index in [4.69, 9.17) is 5.11 Å². The van der Waals surface area contributed by atoms with E-state index < -0.39 is 11.4 Å². The van der Waals surface area contributed by atoms with Crippen LogP contribution in [0.1, 0.15) is 29.3 Å². The van der Waals surface area contributed by atoms with Gasteiger partial charge in [0, 0.05) is 25.5 Å². The molecule has 6 nitrogen and oxygen atoms in total. The van der Waals surface area contributed by atoms with Crippen molar-refractivity contribution in [3.05, 3.63) is 16.1 Å². The lowest BCUT2D eigenvalue weighted by Crippen LogP contribution is -2.41. The van der Waals surface area contributed by atoms with Crippen LogP contribution in [0.25, 0.3) is 0 Å². The third-order valence-electron chi connectivity index (χ3n) is 2.45. The maximum Gasteiger partial charge on any atom is 0.365 e. The topological polar surface area (TPSA) is 91.3 Å². The van der Waals surface area contributed by atoms with E-state index >= 15 is 0 Å². The Labute approximate surface area is 109 Å². The van der Waals surface area contributed by atoms with Gasteiger partial charge in [-0.15, -0.1) is 11.3 Å². The van der Waals surface area contributed by atoms with E-state index in [1.807, 2.05) is 13.8 Å². The molecule has 0 saturated carbocycles. The summed E-state index contributed by atoms with van der Waals surface area (Å²) in [6, 6.07) is 0. The summed E-state index contributed by atoms with van der Waals surface area (Å²) in [5.41, 5.74) is 0.158. The molecular formula is C11H17N3O3S. The minimum Gasteiger partial charge on any atom is -0.476 e. The molecule has 100 valence electrons. The molecule has 0 aliphatic carbocycles. The fraction of sp³-hybridized carbons (Fsp3) is 0.545. The quantitative estimate of drug-likeness (QED) is 0.708. The molecule has 1 heterocycles. The highest BCUT2D eigenvalue weighted by Gasteiger charge is 2.25. The Bertz CT molecular complexity index is 442. The van der Waals surface area contributed by atoms with Crippen LogP contribution in [0.4, 0.5) is 0 Å². The van der Waals surface area contributed by atoms with Gasteiger partial charge in [0.1, 0.15) is 0 Å². The highest BCUT2D eigenvalue weighted by Crippen LogP contribution is 2.14. The van der Waals surface area contributed by atoms with Gasteiger partial charge >= 0.3 is 5.97 Å². The second kappa shape index (κ2) is 5.92. The number of hydrogen-bond donors (Lipinski definition) is 3. The normalized spacial score (nSPS) is 11.3. The Balaban J connectivity index is 2.46. The minimum absolute atomic E-state index is 0.0421. The van der Waals surface area contributed by atoms with Crippen LogP contribution in [0, 0.1) is 5.41 Å². The summed E-state index contributed by atoms with van der Waals surface area (Å²) in [7, 11) is 1.60. The molecular weight excluding hydrogens is 254 g/mol. The zero-order valence-corrected chi connectivity index (χ0v) is 11.4. The second-order valence-electron chi connectivity index (χ2n) is 4.52. The number of thiazole rings is 1. The average Bonchev–Trinajstić information content (AvgIpc) is 2.76. The number of carbonyl (C=O) groups is 2. The number of aromatic nitrogens is 1. The number of aromatic carboxylic acids is 1. The Morgan fingerprint density at radius 2 is 2.17 bits per heavy atom. The van der Waals surface area contributed by atoms with Crippen molar-refractivity contribution in [3.63, 3.8) is 0 Å². The zero-order chi connectivity index (χ0) is 13.8. The van der Waals surface area contributed by atoms with Crippen LogP contribution in [-0.4, -0.2) is 35.6 Å². The van der Waals surface area contributed by atoms with Gasteiger partial charge in [0.25, 0.3) is 0 Å². The summed E-state index contributed by atoms with van der Waals surface area (Å²) in [6.07, 6.45) is 0. The van der Waals surface area contributed by atoms with Crippen molar-refractivity contribution in [2.24, 2.45) is 5.41 Å². The van der Waals surface area contributed by atoms with E-state index in [9.17, 15) is 9.59 Å². The van der Waals surface area contributed by atoms with Crippen molar-refractivity contribution in [2.45, 2.75) is 20.4 Å². The lowest BCUT2D eigenvalue weighted by atomic mass is 9.92. The molecule has 3 N–H and O–H groups in total. The first-order chi connectivity index (χ1) is 8.36. The third kappa shape index (κ3) is 3.78. The van der Waals surface area contributed by atoms with Gasteiger partial charge in [-0.1, -0.05) is 0 Å². The van der Waals surface area contributed by atoms with Crippen molar-refractivity contribution in [1.29, 1.82) is 0 Å². The number of carboxylic acid groups (broad SMARTS) is 1. The van der Waals surface area contributed by atoms with Crippen LogP contribution in [0.3, 0.4) is 0 Å². The molecule has 7 heteroatoms. The van der Waals surface area contributed by atoms with Crippen molar-refractivity contribution in [3.8, 4) is 0 Å². The van der Waals surface area contributed by atoms with Gasteiger partial charge in [0.2, 0.25) is 10.9 Å². The monoisotopic (exact) mass is 271 g/mol. The molecule has 1 amide bonds. The molecule has 0 atom stereocenters. The Morgan fingerprint density at radius 1 is 1.50 bits per heavy atom. The molecule has 1 aromatic heterocycles. The summed E-state index contributed by atoms with van der Waals surface area (Å²) in [4.78, 5) is 26.1. The first-order valence-corrected chi connectivity index (χ1v) is 6.35. The molecule has 0 fully saturated rings. The lowest BCUT2D eigenvalue weighted by Gasteiger charge is -2.22. The zero-order valence-electron chi connectivity index (χ0n) is 10.6. The summed E-state index contributed by atoms with van der Waals surface area (Å²) < 4.78 is 0. The predicted molar refractivity (Wildman–Crippen MR) is 68.6 cm³/mol. The van der Waals surface area contributed by atoms with E-state index in [0.717, 1.165) is 11.3 Å². The molecule has 0 aliphatic heterocycles. The first kappa shape index (κ1) is 14.6. The summed E-state index contributed by atoms with van der Waals surface area (Å²) in [5, 5.41) is 16.2. The average molecular weight is 271 g/mol. The minimum atomic E-state index is -1.02. The smallest absolute Gasteiger partial charge is 0.365 e. The summed E-state index contributed by atoms with van der Waals surface area (Å²) in [6.45, 7) is 4.61. The third-order valence-corrected chi connectivity index (χ3v) is 3.33. The van der Waals surface area contributed by atoms with Crippen LogP contribution in [0.5, 0.6) is 0 Å². The highest BCUT2D eigenvalue weighted by molar-refractivity contribution is 7.11. The largest absolute Gasteiger partial charge is 0.476 e. The fourth-order valence-electron chi connectivity index (χ4n) is 1.41. The fourth-order valence-corrected chi connectivity index (χ4v) is 2.06. The number of carbonyl (C=O) groups excluding carboxylic acids is 1. The number of hydrogen-bond acceptors (Lipinski definition) is 5. The molecule has 0 bridgehead atoms. The van der Waals surface area contributed by atoms with Crippen molar-refractivity contribution in [2.75, 3.05) is 13.6 Å². The molecule has 0 aromatic carbocycles. The lowest BCUT2D eigenvalue weighted by molar-refractivity contribution is -0.128. The van der Waals surface area contributed by atoms with Gasteiger partial charge in [-0.3, -0.25) is 4.79 Å². The van der Waals surface area contributed by atoms with E-state index in [1.54, 1.807) is 12.4 Å². The van der Waals surface area contributed by atoms with Crippen LogP contribution < -0.4 is 10.6 Å². The number of nitrogens with one attached hydrogen (secondary N) is 2. The maximum absolute atomic E-state index is 11.5. The van der Waals surface area contributed by atoms with E-state index in [1.165, 1.54) is 0 Å². The summed E-state index contributed by atoms with van der Waals surface area (Å²) >= 11 is 1.10. The molecule has 0 unspecified atom stereocenters. The van der Waals surface area contributed by atoms with Gasteiger partial charge < -0.3 is 15.7 Å². The summed E-state index contributed by atoms with van der Waals surface area (Å²) in [5.74, 6) is -1.06. The number of rotatable bonds is 6. The molecule has 0 spiro atoms. The van der Waals surface area contributed by atoms with Crippen molar-refractivity contribution in [1.82, 2.24) is 15.6 Å². The maximum atomic E-state index is 11.5. The van der Waals surface area contributed by atoms with Crippen LogP contribution in [0.15, 0.2) is 5.38 Å². The molecule has 0 saturated heterocycles. The molecule has 1 aromatic rings. The molecule has 0 radical (unpaired) electrons. The Hall–Kier alpha value is -1.47. The van der Waals surface area contributed by atoms with E-state index in [0.29, 0.717) is 18.8 Å². The number of carboxylic acids is 1. The van der Waals surface area contributed by atoms with Gasteiger partial charge in [-0.05, 0) is 13.8 Å². The Kier molecular flexibility index (Phi) is 4.80. The second-order valence-corrected chi connectivity index (χ2v) is 5.37. The standard InChI is InChI=1S/C11H17N3O3S/c1-11(2,10(17)12-3)6-13-4-7-5-18-8(14-7)9(15)16/h5,13H,4,6H2,1-3H3,(H,12,17)(H,15,16). The number of amides is 1. The highest BCUT2D eigenvalue weighted by atomic mass is 32.1. The van der Waals surface area contributed by atoms with Gasteiger partial charge in [-0.25, -0.2) is 9.78 Å². The van der Waals surface area contributed by atoms with Gasteiger partial charge in [0.05, 0.1) is 11.1 Å². The van der Waals surface area contributed by atoms with Crippen LogP contribution >= 0.6 is 11.3 Å². The number of nitrogens with zero attached hydrogens (tertiary/aromatic N) is 1. The van der Waals surface area contributed by atoms with Crippen molar-refractivity contribution < 1.29 is 14.7 Å². The van der Waals surface area contributed by atoms with Crippen molar-refractivity contribution >= 4 is 23.2 Å². The van der Waals surface area contributed by atoms with Gasteiger partial charge in [-0.2, -0.15) is 0 Å². The van der Waals surface area contributed by atoms with E-state index in [2.05, 4.69) is 15.6 Å². The van der Waals surface area contributed by atoms with Gasteiger partial charge in [0.15, 0.2) is 0 Å².